The highest BCUT2D eigenvalue weighted by molar-refractivity contribution is 4.69. The van der Waals surface area contributed by atoms with E-state index in [4.69, 9.17) is 0 Å². The van der Waals surface area contributed by atoms with E-state index in [-0.39, 0.29) is 0 Å². The summed E-state index contributed by atoms with van der Waals surface area (Å²) in [6.07, 6.45) is 8.60. The fourth-order valence-corrected chi connectivity index (χ4v) is 2.88. The molecule has 0 saturated heterocycles. The van der Waals surface area contributed by atoms with Crippen LogP contribution in [0.5, 0.6) is 0 Å². The van der Waals surface area contributed by atoms with Crippen molar-refractivity contribution >= 4 is 0 Å². The first-order valence-electron chi connectivity index (χ1n) is 8.19. The van der Waals surface area contributed by atoms with Crippen LogP contribution in [-0.2, 0) is 0 Å². The Morgan fingerprint density at radius 2 is 1.89 bits per heavy atom. The van der Waals surface area contributed by atoms with Gasteiger partial charge in [-0.2, -0.15) is 0 Å². The minimum absolute atomic E-state index is 0.836. The van der Waals surface area contributed by atoms with Crippen molar-refractivity contribution < 1.29 is 0 Å². The number of hydrogen-bond donors (Lipinski definition) is 1. The van der Waals surface area contributed by atoms with Gasteiger partial charge in [0.2, 0.25) is 0 Å². The van der Waals surface area contributed by atoms with E-state index in [0.29, 0.717) is 0 Å². The van der Waals surface area contributed by atoms with Gasteiger partial charge in [-0.15, -0.1) is 0 Å². The Balaban J connectivity index is 2.03. The average molecular weight is 254 g/mol. The predicted molar refractivity (Wildman–Crippen MR) is 81.0 cm³/mol. The Morgan fingerprint density at radius 1 is 1.17 bits per heavy atom. The molecule has 1 N–H and O–H groups in total. The third-order valence-corrected chi connectivity index (χ3v) is 4.48. The molecule has 1 aliphatic carbocycles. The maximum Gasteiger partial charge on any atom is 0.0107 e. The van der Waals surface area contributed by atoms with Crippen molar-refractivity contribution in [3.63, 3.8) is 0 Å². The van der Waals surface area contributed by atoms with Gasteiger partial charge in [0.05, 0.1) is 0 Å². The molecule has 0 aromatic heterocycles. The van der Waals surface area contributed by atoms with Crippen molar-refractivity contribution in [2.75, 3.05) is 32.7 Å². The topological polar surface area (TPSA) is 15.3 Å². The second-order valence-corrected chi connectivity index (χ2v) is 6.11. The lowest BCUT2D eigenvalue weighted by Gasteiger charge is -2.25. The molecule has 0 aromatic carbocycles. The molecule has 2 heteroatoms. The van der Waals surface area contributed by atoms with Gasteiger partial charge in [-0.3, -0.25) is 0 Å². The highest BCUT2D eigenvalue weighted by Gasteiger charge is 2.12. The van der Waals surface area contributed by atoms with E-state index in [1.807, 2.05) is 0 Å². The minimum atomic E-state index is 0.836. The summed E-state index contributed by atoms with van der Waals surface area (Å²) in [7, 11) is 0. The number of likely N-dealkylation sites (N-methyl/N-ethyl adjacent to an activating group) is 1. The van der Waals surface area contributed by atoms with Crippen LogP contribution in [0, 0.1) is 11.8 Å². The fraction of sp³-hybridized carbons (Fsp3) is 1.00. The van der Waals surface area contributed by atoms with Crippen LogP contribution in [0.25, 0.3) is 0 Å². The molecule has 1 saturated carbocycles. The van der Waals surface area contributed by atoms with Crippen LogP contribution in [0.15, 0.2) is 0 Å². The molecule has 1 unspecified atom stereocenters. The number of nitrogens with one attached hydrogen (secondary N) is 1. The normalized spacial score (nSPS) is 19.3. The molecule has 0 bridgehead atoms. The summed E-state index contributed by atoms with van der Waals surface area (Å²) in [5, 5.41) is 3.67. The third kappa shape index (κ3) is 6.75. The Kier molecular flexibility index (Phi) is 8.70. The lowest BCUT2D eigenvalue weighted by Crippen LogP contribution is -2.36. The monoisotopic (exact) mass is 254 g/mol. The van der Waals surface area contributed by atoms with E-state index >= 15 is 0 Å². The first-order chi connectivity index (χ1) is 8.76. The molecule has 0 aliphatic heterocycles. The van der Waals surface area contributed by atoms with E-state index < -0.39 is 0 Å². The average Bonchev–Trinajstić information content (AvgIpc) is 2.43. The second-order valence-electron chi connectivity index (χ2n) is 6.11. The molecule has 0 amide bonds. The standard InChI is InChI=1S/C16H34N2/c1-4-15(3)14-18(5-2)12-11-17-13-16-9-7-6-8-10-16/h15-17H,4-14H2,1-3H3. The highest BCUT2D eigenvalue weighted by atomic mass is 15.1. The van der Waals surface area contributed by atoms with Gasteiger partial charge in [0.25, 0.3) is 0 Å². The molecule has 1 rings (SSSR count). The fourth-order valence-electron chi connectivity index (χ4n) is 2.88. The maximum absolute atomic E-state index is 3.67. The van der Waals surface area contributed by atoms with E-state index in [2.05, 4.69) is 31.0 Å². The van der Waals surface area contributed by atoms with E-state index in [1.165, 1.54) is 71.2 Å². The van der Waals surface area contributed by atoms with Gasteiger partial charge in [-0.25, -0.2) is 0 Å². The quantitative estimate of drug-likeness (QED) is 0.633. The van der Waals surface area contributed by atoms with Crippen molar-refractivity contribution in [2.24, 2.45) is 11.8 Å². The smallest absolute Gasteiger partial charge is 0.0107 e. The minimum Gasteiger partial charge on any atom is -0.315 e. The van der Waals surface area contributed by atoms with Crippen LogP contribution < -0.4 is 5.32 Å². The molecule has 0 spiro atoms. The SMILES string of the molecule is CCC(C)CN(CC)CCNCC1CCCCC1. The van der Waals surface area contributed by atoms with Gasteiger partial charge in [0.1, 0.15) is 0 Å². The second kappa shape index (κ2) is 9.80. The van der Waals surface area contributed by atoms with Crippen molar-refractivity contribution in [3.8, 4) is 0 Å². The lowest BCUT2D eigenvalue weighted by atomic mass is 9.89. The highest BCUT2D eigenvalue weighted by Crippen LogP contribution is 2.22. The molecular weight excluding hydrogens is 220 g/mol. The molecule has 0 radical (unpaired) electrons. The van der Waals surface area contributed by atoms with Crippen molar-refractivity contribution in [1.29, 1.82) is 0 Å². The largest absolute Gasteiger partial charge is 0.315 e. The zero-order valence-corrected chi connectivity index (χ0v) is 12.9. The Labute approximate surface area is 115 Å². The molecule has 108 valence electrons. The Morgan fingerprint density at radius 3 is 2.50 bits per heavy atom. The Hall–Kier alpha value is -0.0800. The molecule has 1 atom stereocenters. The zero-order chi connectivity index (χ0) is 13.2. The summed E-state index contributed by atoms with van der Waals surface area (Å²) < 4.78 is 0. The van der Waals surface area contributed by atoms with Gasteiger partial charge in [0.15, 0.2) is 0 Å². The van der Waals surface area contributed by atoms with E-state index in [1.54, 1.807) is 0 Å². The zero-order valence-electron chi connectivity index (χ0n) is 12.9. The number of rotatable bonds is 9. The molecule has 0 aromatic rings. The molecule has 2 nitrogen and oxygen atoms in total. The Bertz CT molecular complexity index is 188. The van der Waals surface area contributed by atoms with E-state index in [9.17, 15) is 0 Å². The summed E-state index contributed by atoms with van der Waals surface area (Å²) in [5.74, 6) is 1.80. The number of nitrogens with zero attached hydrogens (tertiary/aromatic N) is 1. The van der Waals surface area contributed by atoms with Gasteiger partial charge in [-0.1, -0.05) is 46.5 Å². The summed E-state index contributed by atoms with van der Waals surface area (Å²) >= 11 is 0. The lowest BCUT2D eigenvalue weighted by molar-refractivity contribution is 0.241. The van der Waals surface area contributed by atoms with Crippen LogP contribution in [0.2, 0.25) is 0 Å². The van der Waals surface area contributed by atoms with Crippen molar-refractivity contribution in [3.05, 3.63) is 0 Å². The first kappa shape index (κ1) is 16.0. The maximum atomic E-state index is 3.67. The first-order valence-corrected chi connectivity index (χ1v) is 8.19. The van der Waals surface area contributed by atoms with Gasteiger partial charge < -0.3 is 10.2 Å². The summed E-state index contributed by atoms with van der Waals surface area (Å²) in [4.78, 5) is 2.59. The molecule has 1 fully saturated rings. The van der Waals surface area contributed by atoms with Crippen molar-refractivity contribution in [1.82, 2.24) is 10.2 Å². The van der Waals surface area contributed by atoms with E-state index in [0.717, 1.165) is 11.8 Å². The molecule has 1 aliphatic rings. The van der Waals surface area contributed by atoms with Crippen LogP contribution in [-0.4, -0.2) is 37.6 Å². The summed E-state index contributed by atoms with van der Waals surface area (Å²) in [6, 6.07) is 0. The van der Waals surface area contributed by atoms with Crippen LogP contribution in [0.4, 0.5) is 0 Å². The molecule has 0 heterocycles. The van der Waals surface area contributed by atoms with Crippen LogP contribution in [0.1, 0.15) is 59.3 Å². The van der Waals surface area contributed by atoms with Crippen LogP contribution in [0.3, 0.4) is 0 Å². The third-order valence-electron chi connectivity index (χ3n) is 4.48. The molecule has 18 heavy (non-hydrogen) atoms. The van der Waals surface area contributed by atoms with Gasteiger partial charge in [-0.05, 0) is 37.8 Å². The van der Waals surface area contributed by atoms with Crippen molar-refractivity contribution in [2.45, 2.75) is 59.3 Å². The predicted octanol–water partition coefficient (Wildman–Crippen LogP) is 3.52. The number of hydrogen-bond acceptors (Lipinski definition) is 2. The van der Waals surface area contributed by atoms with Crippen LogP contribution >= 0.6 is 0 Å². The summed E-state index contributed by atoms with van der Waals surface area (Å²) in [5.41, 5.74) is 0. The van der Waals surface area contributed by atoms with Gasteiger partial charge >= 0.3 is 0 Å². The summed E-state index contributed by atoms with van der Waals surface area (Å²) in [6.45, 7) is 13.0. The van der Waals surface area contributed by atoms with Gasteiger partial charge in [0, 0.05) is 19.6 Å². The molecular formula is C16H34N2.